The van der Waals surface area contributed by atoms with Gasteiger partial charge in [-0.2, -0.15) is 0 Å². The van der Waals surface area contributed by atoms with E-state index in [2.05, 4.69) is 0 Å². The van der Waals surface area contributed by atoms with Gasteiger partial charge in [0.25, 0.3) is 0 Å². The summed E-state index contributed by atoms with van der Waals surface area (Å²) in [5.74, 6) is 1.64. The second kappa shape index (κ2) is 8.97. The maximum Gasteiger partial charge on any atom is 0.224 e. The molecule has 1 amide bonds. The Labute approximate surface area is 174 Å². The van der Waals surface area contributed by atoms with E-state index in [1.807, 2.05) is 89.8 Å². The number of hydrogen-bond donors (Lipinski definition) is 0. The van der Waals surface area contributed by atoms with Gasteiger partial charge in [-0.3, -0.25) is 9.59 Å². The molecular formula is C24H21NO3S. The fourth-order valence-electron chi connectivity index (χ4n) is 3.27. The van der Waals surface area contributed by atoms with Crippen LogP contribution in [0.15, 0.2) is 84.9 Å². The van der Waals surface area contributed by atoms with Gasteiger partial charge >= 0.3 is 0 Å². The first-order valence-electron chi connectivity index (χ1n) is 9.53. The molecule has 4 nitrogen and oxygen atoms in total. The van der Waals surface area contributed by atoms with Gasteiger partial charge in [0.05, 0.1) is 0 Å². The average molecular weight is 404 g/mol. The molecule has 1 atom stereocenters. The van der Waals surface area contributed by atoms with Crippen LogP contribution in [0.2, 0.25) is 0 Å². The molecule has 0 aromatic heterocycles. The van der Waals surface area contributed by atoms with E-state index < -0.39 is 0 Å². The number of ether oxygens (including phenoxy) is 1. The Morgan fingerprint density at radius 3 is 2.21 bits per heavy atom. The van der Waals surface area contributed by atoms with E-state index in [4.69, 9.17) is 4.74 Å². The summed E-state index contributed by atoms with van der Waals surface area (Å²) in [6, 6.07) is 26.6. The van der Waals surface area contributed by atoms with Crippen molar-refractivity contribution in [1.29, 1.82) is 0 Å². The van der Waals surface area contributed by atoms with E-state index in [1.165, 1.54) is 11.8 Å². The van der Waals surface area contributed by atoms with Crippen LogP contribution in [0, 0.1) is 0 Å². The first-order valence-corrected chi connectivity index (χ1v) is 10.4. The molecule has 0 spiro atoms. The van der Waals surface area contributed by atoms with Crippen LogP contribution in [0.5, 0.6) is 11.5 Å². The standard InChI is InChI=1S/C24H21NO3S/c26-23-15-22(29-24(27)19-7-3-1-4-8-19)17-25(23)16-18-11-13-21(14-12-18)28-20-9-5-2-6-10-20/h1-14,22H,15-17H2. The van der Waals surface area contributed by atoms with Crippen molar-refractivity contribution in [3.63, 3.8) is 0 Å². The molecule has 0 aliphatic carbocycles. The highest BCUT2D eigenvalue weighted by atomic mass is 32.2. The van der Waals surface area contributed by atoms with Crippen LogP contribution in [0.3, 0.4) is 0 Å². The minimum atomic E-state index is -0.00380. The van der Waals surface area contributed by atoms with Crippen LogP contribution in [0.1, 0.15) is 22.3 Å². The maximum atomic E-state index is 12.4. The molecule has 29 heavy (non-hydrogen) atoms. The quantitative estimate of drug-likeness (QED) is 0.571. The Hall–Kier alpha value is -3.05. The third kappa shape index (κ3) is 5.06. The van der Waals surface area contributed by atoms with Gasteiger partial charge in [-0.05, 0) is 29.8 Å². The molecule has 1 unspecified atom stereocenters. The average Bonchev–Trinajstić information content (AvgIpc) is 3.09. The topological polar surface area (TPSA) is 46.6 Å². The summed E-state index contributed by atoms with van der Waals surface area (Å²) in [5.41, 5.74) is 1.72. The van der Waals surface area contributed by atoms with Gasteiger partial charge in [0, 0.05) is 30.3 Å². The van der Waals surface area contributed by atoms with E-state index in [-0.39, 0.29) is 16.3 Å². The molecule has 3 aromatic carbocycles. The minimum absolute atomic E-state index is 0.00380. The molecule has 0 radical (unpaired) electrons. The normalized spacial score (nSPS) is 16.1. The molecular weight excluding hydrogens is 382 g/mol. The zero-order valence-electron chi connectivity index (χ0n) is 15.9. The number of benzene rings is 3. The molecule has 146 valence electrons. The third-order valence-electron chi connectivity index (χ3n) is 4.74. The maximum absolute atomic E-state index is 12.4. The van der Waals surface area contributed by atoms with Crippen LogP contribution in [-0.2, 0) is 11.3 Å². The van der Waals surface area contributed by atoms with E-state index >= 15 is 0 Å². The van der Waals surface area contributed by atoms with Crippen LogP contribution in [0.25, 0.3) is 0 Å². The molecule has 1 aliphatic rings. The van der Waals surface area contributed by atoms with Crippen molar-refractivity contribution >= 4 is 22.8 Å². The first kappa shape index (κ1) is 19.3. The molecule has 3 aromatic rings. The van der Waals surface area contributed by atoms with Crippen molar-refractivity contribution in [2.75, 3.05) is 6.54 Å². The van der Waals surface area contributed by atoms with Gasteiger partial charge in [0.15, 0.2) is 0 Å². The van der Waals surface area contributed by atoms with Crippen molar-refractivity contribution in [3.8, 4) is 11.5 Å². The monoisotopic (exact) mass is 403 g/mol. The van der Waals surface area contributed by atoms with Crippen molar-refractivity contribution in [3.05, 3.63) is 96.1 Å². The summed E-state index contributed by atoms with van der Waals surface area (Å²) in [7, 11) is 0. The summed E-state index contributed by atoms with van der Waals surface area (Å²) in [6.45, 7) is 1.13. The zero-order valence-corrected chi connectivity index (χ0v) is 16.7. The molecule has 0 N–H and O–H groups in total. The second-order valence-corrected chi connectivity index (χ2v) is 8.20. The van der Waals surface area contributed by atoms with Gasteiger partial charge in [0.2, 0.25) is 11.0 Å². The van der Waals surface area contributed by atoms with E-state index in [1.54, 1.807) is 0 Å². The Kier molecular flexibility index (Phi) is 5.96. The molecule has 1 fully saturated rings. The van der Waals surface area contributed by atoms with Crippen LogP contribution in [-0.4, -0.2) is 27.7 Å². The third-order valence-corrected chi connectivity index (χ3v) is 5.84. The summed E-state index contributed by atoms with van der Waals surface area (Å²) in [4.78, 5) is 26.6. The Balaban J connectivity index is 1.32. The predicted molar refractivity (Wildman–Crippen MR) is 115 cm³/mol. The van der Waals surface area contributed by atoms with E-state index in [9.17, 15) is 9.59 Å². The van der Waals surface area contributed by atoms with Gasteiger partial charge in [0.1, 0.15) is 11.5 Å². The molecule has 1 saturated heterocycles. The number of carbonyl (C=O) groups excluding carboxylic acids is 2. The van der Waals surface area contributed by atoms with Crippen LogP contribution in [0.4, 0.5) is 0 Å². The summed E-state index contributed by atoms with van der Waals surface area (Å²) >= 11 is 1.26. The number of rotatable bonds is 6. The lowest BCUT2D eigenvalue weighted by Crippen LogP contribution is -2.25. The molecule has 5 heteroatoms. The van der Waals surface area contributed by atoms with Gasteiger partial charge in [-0.1, -0.05) is 72.4 Å². The SMILES string of the molecule is O=C(SC1CC(=O)N(Cc2ccc(Oc3ccccc3)cc2)C1)c1ccccc1. The summed E-state index contributed by atoms with van der Waals surface area (Å²) in [5, 5.41) is 0.0172. The lowest BCUT2D eigenvalue weighted by Gasteiger charge is -2.17. The Bertz CT molecular complexity index is 974. The number of nitrogens with zero attached hydrogens (tertiary/aromatic N) is 1. The lowest BCUT2D eigenvalue weighted by atomic mass is 10.2. The fraction of sp³-hybridized carbons (Fsp3) is 0.167. The lowest BCUT2D eigenvalue weighted by molar-refractivity contribution is -0.128. The van der Waals surface area contributed by atoms with Gasteiger partial charge < -0.3 is 9.64 Å². The molecule has 0 saturated carbocycles. The largest absolute Gasteiger partial charge is 0.457 e. The Morgan fingerprint density at radius 2 is 1.52 bits per heavy atom. The molecule has 4 rings (SSSR count). The van der Waals surface area contributed by atoms with Gasteiger partial charge in [-0.15, -0.1) is 0 Å². The van der Waals surface area contributed by atoms with Crippen molar-refractivity contribution < 1.29 is 14.3 Å². The van der Waals surface area contributed by atoms with Crippen molar-refractivity contribution in [2.24, 2.45) is 0 Å². The highest BCUT2D eigenvalue weighted by Gasteiger charge is 2.31. The molecule has 1 aliphatic heterocycles. The smallest absolute Gasteiger partial charge is 0.224 e. The number of amides is 1. The number of likely N-dealkylation sites (tertiary alicyclic amines) is 1. The Morgan fingerprint density at radius 1 is 0.897 bits per heavy atom. The number of carbonyl (C=O) groups is 2. The van der Waals surface area contributed by atoms with Gasteiger partial charge in [-0.25, -0.2) is 0 Å². The first-order chi connectivity index (χ1) is 14.2. The van der Waals surface area contributed by atoms with E-state index in [0.717, 1.165) is 17.1 Å². The number of para-hydroxylation sites is 1. The number of thioether (sulfide) groups is 1. The zero-order chi connectivity index (χ0) is 20.1. The predicted octanol–water partition coefficient (Wildman–Crippen LogP) is 5.15. The second-order valence-electron chi connectivity index (χ2n) is 6.93. The van der Waals surface area contributed by atoms with Crippen LogP contribution >= 0.6 is 11.8 Å². The summed E-state index contributed by atoms with van der Waals surface area (Å²) < 4.78 is 5.81. The summed E-state index contributed by atoms with van der Waals surface area (Å²) in [6.07, 6.45) is 0.401. The van der Waals surface area contributed by atoms with Crippen molar-refractivity contribution in [2.45, 2.75) is 18.2 Å². The van der Waals surface area contributed by atoms with E-state index in [0.29, 0.717) is 25.1 Å². The fourth-order valence-corrected chi connectivity index (χ4v) is 4.32. The van der Waals surface area contributed by atoms with Crippen LogP contribution < -0.4 is 4.74 Å². The highest BCUT2D eigenvalue weighted by molar-refractivity contribution is 8.14. The minimum Gasteiger partial charge on any atom is -0.457 e. The highest BCUT2D eigenvalue weighted by Crippen LogP contribution is 2.28. The number of hydrogen-bond acceptors (Lipinski definition) is 4. The molecule has 0 bridgehead atoms. The molecule has 1 heterocycles. The van der Waals surface area contributed by atoms with Crippen molar-refractivity contribution in [1.82, 2.24) is 4.90 Å².